The molecule has 0 aromatic heterocycles. The van der Waals surface area contributed by atoms with Gasteiger partial charge in [-0.05, 0) is 25.7 Å². The molecule has 5 nitrogen and oxygen atoms in total. The van der Waals surface area contributed by atoms with Gasteiger partial charge in [0.25, 0.3) is 0 Å². The lowest BCUT2D eigenvalue weighted by atomic mass is 10.0. The zero-order valence-electron chi connectivity index (χ0n) is 15.4. The highest BCUT2D eigenvalue weighted by atomic mass is 16.5. The molecule has 1 amide bonds. The quantitative estimate of drug-likeness (QED) is 0.401. The first-order valence-corrected chi connectivity index (χ1v) is 9.12. The lowest BCUT2D eigenvalue weighted by Crippen LogP contribution is -2.35. The lowest BCUT2D eigenvalue weighted by Gasteiger charge is -2.17. The van der Waals surface area contributed by atoms with E-state index in [0.717, 1.165) is 44.9 Å². The van der Waals surface area contributed by atoms with Crippen LogP contribution in [-0.2, 0) is 14.3 Å². The van der Waals surface area contributed by atoms with E-state index in [1.54, 1.807) is 6.92 Å². The van der Waals surface area contributed by atoms with Crippen molar-refractivity contribution >= 4 is 12.1 Å². The van der Waals surface area contributed by atoms with Crippen LogP contribution in [0.15, 0.2) is 0 Å². The topological polar surface area (TPSA) is 64.6 Å². The standard InChI is InChI=1S/C18H35NO4/c1-5-8-10-12-22-17(20)13-15(4)19-18(21)23-14-16(7-3)11-9-6-2/h15-16H,5-14H2,1-4H3,(H,19,21). The van der Waals surface area contributed by atoms with Gasteiger partial charge >= 0.3 is 12.1 Å². The first kappa shape index (κ1) is 21.7. The fraction of sp³-hybridized carbons (Fsp3) is 0.889. The summed E-state index contributed by atoms with van der Waals surface area (Å²) in [6.45, 7) is 9.05. The van der Waals surface area contributed by atoms with Crippen LogP contribution in [0.2, 0.25) is 0 Å². The fourth-order valence-electron chi connectivity index (χ4n) is 2.23. The van der Waals surface area contributed by atoms with Gasteiger partial charge in [-0.3, -0.25) is 4.79 Å². The van der Waals surface area contributed by atoms with Crippen molar-refractivity contribution in [1.82, 2.24) is 5.32 Å². The predicted octanol–water partition coefficient (Wildman–Crippen LogP) is 4.44. The summed E-state index contributed by atoms with van der Waals surface area (Å²) in [5, 5.41) is 2.69. The van der Waals surface area contributed by atoms with Crippen molar-refractivity contribution < 1.29 is 19.1 Å². The summed E-state index contributed by atoms with van der Waals surface area (Å²) in [6.07, 6.45) is 7.17. The molecule has 0 aromatic rings. The van der Waals surface area contributed by atoms with Crippen molar-refractivity contribution in [2.24, 2.45) is 5.92 Å². The highest BCUT2D eigenvalue weighted by molar-refractivity contribution is 5.72. The number of carbonyl (C=O) groups excluding carboxylic acids is 2. The second kappa shape index (κ2) is 14.3. The smallest absolute Gasteiger partial charge is 0.407 e. The number of hydrogen-bond acceptors (Lipinski definition) is 4. The second-order valence-electron chi connectivity index (χ2n) is 6.19. The maximum Gasteiger partial charge on any atom is 0.407 e. The van der Waals surface area contributed by atoms with E-state index in [4.69, 9.17) is 9.47 Å². The van der Waals surface area contributed by atoms with Gasteiger partial charge in [0.05, 0.1) is 19.6 Å². The molecule has 0 rings (SSSR count). The third-order valence-corrected chi connectivity index (χ3v) is 3.84. The van der Waals surface area contributed by atoms with Crippen molar-refractivity contribution in [3.63, 3.8) is 0 Å². The molecule has 5 heteroatoms. The summed E-state index contributed by atoms with van der Waals surface area (Å²) >= 11 is 0. The lowest BCUT2D eigenvalue weighted by molar-refractivity contribution is -0.144. The van der Waals surface area contributed by atoms with E-state index in [1.165, 1.54) is 0 Å². The predicted molar refractivity (Wildman–Crippen MR) is 92.4 cm³/mol. The number of esters is 1. The maximum atomic E-state index is 11.7. The molecule has 0 bridgehead atoms. The van der Waals surface area contributed by atoms with Crippen molar-refractivity contribution in [3.05, 3.63) is 0 Å². The van der Waals surface area contributed by atoms with E-state index < -0.39 is 6.09 Å². The van der Waals surface area contributed by atoms with E-state index >= 15 is 0 Å². The van der Waals surface area contributed by atoms with Crippen LogP contribution in [0.4, 0.5) is 4.79 Å². The molecule has 0 radical (unpaired) electrons. The molecule has 0 spiro atoms. The third kappa shape index (κ3) is 12.9. The maximum absolute atomic E-state index is 11.7. The van der Waals surface area contributed by atoms with Crippen LogP contribution in [0.3, 0.4) is 0 Å². The van der Waals surface area contributed by atoms with Crippen LogP contribution >= 0.6 is 0 Å². The van der Waals surface area contributed by atoms with Gasteiger partial charge in [0.1, 0.15) is 0 Å². The third-order valence-electron chi connectivity index (χ3n) is 3.84. The Kier molecular flexibility index (Phi) is 13.6. The Hall–Kier alpha value is -1.26. The zero-order chi connectivity index (χ0) is 17.5. The summed E-state index contributed by atoms with van der Waals surface area (Å²) in [6, 6.07) is -0.281. The first-order chi connectivity index (χ1) is 11.0. The van der Waals surface area contributed by atoms with E-state index in [9.17, 15) is 9.59 Å². The van der Waals surface area contributed by atoms with E-state index in [1.807, 2.05) is 0 Å². The van der Waals surface area contributed by atoms with Crippen LogP contribution in [-0.4, -0.2) is 31.3 Å². The number of nitrogens with one attached hydrogen (secondary N) is 1. The summed E-state index contributed by atoms with van der Waals surface area (Å²) in [4.78, 5) is 23.4. The Balaban J connectivity index is 3.84. The number of alkyl carbamates (subject to hydrolysis) is 1. The van der Waals surface area contributed by atoms with Crippen molar-refractivity contribution in [1.29, 1.82) is 0 Å². The average molecular weight is 329 g/mol. The van der Waals surface area contributed by atoms with Gasteiger partial charge in [-0.1, -0.05) is 52.9 Å². The second-order valence-corrected chi connectivity index (χ2v) is 6.19. The van der Waals surface area contributed by atoms with Crippen molar-refractivity contribution in [2.45, 2.75) is 85.1 Å². The minimum atomic E-state index is -0.453. The molecular weight excluding hydrogens is 294 g/mol. The van der Waals surface area contributed by atoms with Gasteiger partial charge < -0.3 is 14.8 Å². The fourth-order valence-corrected chi connectivity index (χ4v) is 2.23. The molecule has 0 heterocycles. The van der Waals surface area contributed by atoms with Gasteiger partial charge in [0.15, 0.2) is 0 Å². The Morgan fingerprint density at radius 2 is 1.70 bits per heavy atom. The number of ether oxygens (including phenoxy) is 2. The molecule has 0 aromatic carbocycles. The van der Waals surface area contributed by atoms with E-state index in [-0.39, 0.29) is 18.4 Å². The molecule has 2 atom stereocenters. The number of hydrogen-bond donors (Lipinski definition) is 1. The molecule has 0 saturated heterocycles. The van der Waals surface area contributed by atoms with E-state index in [0.29, 0.717) is 19.1 Å². The van der Waals surface area contributed by atoms with Gasteiger partial charge in [0.2, 0.25) is 0 Å². The first-order valence-electron chi connectivity index (χ1n) is 9.12. The number of rotatable bonds is 13. The Morgan fingerprint density at radius 1 is 1.00 bits per heavy atom. The minimum Gasteiger partial charge on any atom is -0.466 e. The SMILES string of the molecule is CCCCCOC(=O)CC(C)NC(=O)OCC(CC)CCCC. The van der Waals surface area contributed by atoms with Gasteiger partial charge in [-0.2, -0.15) is 0 Å². The number of amides is 1. The van der Waals surface area contributed by atoms with Crippen LogP contribution in [0, 0.1) is 5.92 Å². The zero-order valence-corrected chi connectivity index (χ0v) is 15.4. The summed E-state index contributed by atoms with van der Waals surface area (Å²) < 4.78 is 10.4. The summed E-state index contributed by atoms with van der Waals surface area (Å²) in [5.74, 6) is 0.142. The van der Waals surface area contributed by atoms with Gasteiger partial charge in [-0.25, -0.2) is 4.79 Å². The monoisotopic (exact) mass is 329 g/mol. The van der Waals surface area contributed by atoms with Crippen LogP contribution in [0.5, 0.6) is 0 Å². The minimum absolute atomic E-state index is 0.175. The molecule has 0 saturated carbocycles. The molecule has 0 aliphatic rings. The molecule has 2 unspecified atom stereocenters. The summed E-state index contributed by atoms with van der Waals surface area (Å²) in [7, 11) is 0. The Labute approximate surface area is 141 Å². The Bertz CT molecular complexity index is 320. The van der Waals surface area contributed by atoms with Crippen LogP contribution in [0.25, 0.3) is 0 Å². The largest absolute Gasteiger partial charge is 0.466 e. The van der Waals surface area contributed by atoms with Crippen LogP contribution in [0.1, 0.15) is 79.1 Å². The molecule has 136 valence electrons. The number of carbonyl (C=O) groups is 2. The molecule has 0 fully saturated rings. The van der Waals surface area contributed by atoms with Crippen molar-refractivity contribution in [3.8, 4) is 0 Å². The Morgan fingerprint density at radius 3 is 2.30 bits per heavy atom. The average Bonchev–Trinajstić information content (AvgIpc) is 2.51. The van der Waals surface area contributed by atoms with Crippen LogP contribution < -0.4 is 5.32 Å². The normalized spacial score (nSPS) is 13.2. The summed E-state index contributed by atoms with van der Waals surface area (Å²) in [5.41, 5.74) is 0. The van der Waals surface area contributed by atoms with Crippen molar-refractivity contribution in [2.75, 3.05) is 13.2 Å². The van der Waals surface area contributed by atoms with E-state index in [2.05, 4.69) is 26.1 Å². The molecule has 0 aliphatic carbocycles. The molecule has 1 N–H and O–H groups in total. The highest BCUT2D eigenvalue weighted by Crippen LogP contribution is 2.12. The molecule has 0 aliphatic heterocycles. The van der Waals surface area contributed by atoms with Gasteiger partial charge in [0, 0.05) is 6.04 Å². The highest BCUT2D eigenvalue weighted by Gasteiger charge is 2.15. The number of unbranched alkanes of at least 4 members (excludes halogenated alkanes) is 3. The molecular formula is C18H35NO4. The molecule has 23 heavy (non-hydrogen) atoms. The van der Waals surface area contributed by atoms with Gasteiger partial charge in [-0.15, -0.1) is 0 Å².